The molecule has 1 aromatic rings. The SMILES string of the molecule is CCOCC(C)OCC(=O)c1cc(C)n(CC)c1C. The van der Waals surface area contributed by atoms with Crippen LogP contribution < -0.4 is 0 Å². The lowest BCUT2D eigenvalue weighted by molar-refractivity contribution is 0.00113. The summed E-state index contributed by atoms with van der Waals surface area (Å²) in [7, 11) is 0. The molecule has 0 saturated carbocycles. The highest BCUT2D eigenvalue weighted by molar-refractivity contribution is 5.98. The predicted molar refractivity (Wildman–Crippen MR) is 75.8 cm³/mol. The fraction of sp³-hybridized carbons (Fsp3) is 0.667. The van der Waals surface area contributed by atoms with Crippen molar-refractivity contribution in [3.63, 3.8) is 0 Å². The Kier molecular flexibility index (Phi) is 6.25. The molecule has 0 aliphatic rings. The lowest BCUT2D eigenvalue weighted by Gasteiger charge is -2.12. The first-order valence-electron chi connectivity index (χ1n) is 6.90. The fourth-order valence-electron chi connectivity index (χ4n) is 2.20. The van der Waals surface area contributed by atoms with Gasteiger partial charge in [-0.05, 0) is 40.7 Å². The molecule has 0 bridgehead atoms. The molecule has 1 heterocycles. The van der Waals surface area contributed by atoms with E-state index in [9.17, 15) is 4.79 Å². The zero-order chi connectivity index (χ0) is 14.4. The molecule has 0 spiro atoms. The number of hydrogen-bond donors (Lipinski definition) is 0. The highest BCUT2D eigenvalue weighted by Gasteiger charge is 2.16. The van der Waals surface area contributed by atoms with Crippen LogP contribution in [0, 0.1) is 13.8 Å². The maximum Gasteiger partial charge on any atom is 0.190 e. The summed E-state index contributed by atoms with van der Waals surface area (Å²) in [4.78, 5) is 12.1. The summed E-state index contributed by atoms with van der Waals surface area (Å²) in [5, 5.41) is 0. The zero-order valence-corrected chi connectivity index (χ0v) is 12.7. The summed E-state index contributed by atoms with van der Waals surface area (Å²) in [6.45, 7) is 12.1. The van der Waals surface area contributed by atoms with E-state index in [1.807, 2.05) is 33.8 Å². The van der Waals surface area contributed by atoms with Gasteiger partial charge in [0, 0.05) is 30.1 Å². The van der Waals surface area contributed by atoms with Crippen LogP contribution in [0.1, 0.15) is 42.5 Å². The van der Waals surface area contributed by atoms with Crippen LogP contribution in [0.2, 0.25) is 0 Å². The van der Waals surface area contributed by atoms with E-state index in [0.29, 0.717) is 13.2 Å². The van der Waals surface area contributed by atoms with Crippen LogP contribution in [0.5, 0.6) is 0 Å². The minimum Gasteiger partial charge on any atom is -0.379 e. The van der Waals surface area contributed by atoms with Crippen LogP contribution >= 0.6 is 0 Å². The van der Waals surface area contributed by atoms with E-state index < -0.39 is 0 Å². The van der Waals surface area contributed by atoms with Gasteiger partial charge < -0.3 is 14.0 Å². The smallest absolute Gasteiger partial charge is 0.190 e. The van der Waals surface area contributed by atoms with Crippen molar-refractivity contribution in [2.75, 3.05) is 19.8 Å². The Labute approximate surface area is 115 Å². The number of ketones is 1. The molecule has 1 rings (SSSR count). The van der Waals surface area contributed by atoms with E-state index in [1.54, 1.807) is 0 Å². The minimum atomic E-state index is -0.0569. The van der Waals surface area contributed by atoms with Crippen molar-refractivity contribution < 1.29 is 14.3 Å². The highest BCUT2D eigenvalue weighted by Crippen LogP contribution is 2.15. The van der Waals surface area contributed by atoms with Gasteiger partial charge in [-0.2, -0.15) is 0 Å². The standard InChI is InChI=1S/C15H25NO3/c1-6-16-11(3)8-14(13(16)5)15(17)10-19-12(4)9-18-7-2/h8,12H,6-7,9-10H2,1-5H3. The van der Waals surface area contributed by atoms with Crippen molar-refractivity contribution in [1.82, 2.24) is 4.57 Å². The maximum absolute atomic E-state index is 12.1. The molecule has 1 aromatic heterocycles. The number of carbonyl (C=O) groups excluding carboxylic acids is 1. The van der Waals surface area contributed by atoms with Crippen molar-refractivity contribution in [2.24, 2.45) is 0 Å². The van der Waals surface area contributed by atoms with Gasteiger partial charge in [0.15, 0.2) is 5.78 Å². The van der Waals surface area contributed by atoms with Gasteiger partial charge >= 0.3 is 0 Å². The van der Waals surface area contributed by atoms with E-state index >= 15 is 0 Å². The lowest BCUT2D eigenvalue weighted by Crippen LogP contribution is -2.20. The van der Waals surface area contributed by atoms with Crippen LogP contribution in [0.15, 0.2) is 6.07 Å². The Bertz CT molecular complexity index is 423. The number of aromatic nitrogens is 1. The van der Waals surface area contributed by atoms with Crippen LogP contribution in [-0.4, -0.2) is 36.3 Å². The van der Waals surface area contributed by atoms with Gasteiger partial charge in [-0.15, -0.1) is 0 Å². The van der Waals surface area contributed by atoms with E-state index in [1.165, 1.54) is 0 Å². The molecular weight excluding hydrogens is 242 g/mol. The Morgan fingerprint density at radius 2 is 2.05 bits per heavy atom. The maximum atomic E-state index is 12.1. The topological polar surface area (TPSA) is 40.5 Å². The van der Waals surface area contributed by atoms with Gasteiger partial charge in [0.05, 0.1) is 12.7 Å². The van der Waals surface area contributed by atoms with Crippen LogP contribution in [-0.2, 0) is 16.0 Å². The normalized spacial score (nSPS) is 12.7. The third-order valence-electron chi connectivity index (χ3n) is 3.25. The molecule has 4 nitrogen and oxygen atoms in total. The number of carbonyl (C=O) groups is 1. The first-order valence-corrected chi connectivity index (χ1v) is 6.90. The molecule has 0 saturated heterocycles. The van der Waals surface area contributed by atoms with Gasteiger partial charge in [0.1, 0.15) is 6.61 Å². The molecule has 19 heavy (non-hydrogen) atoms. The van der Waals surface area contributed by atoms with Crippen LogP contribution in [0.4, 0.5) is 0 Å². The minimum absolute atomic E-state index is 0.0381. The summed E-state index contributed by atoms with van der Waals surface area (Å²) < 4.78 is 12.9. The lowest BCUT2D eigenvalue weighted by atomic mass is 10.1. The second kappa shape index (κ2) is 7.46. The second-order valence-electron chi connectivity index (χ2n) is 4.73. The Hall–Kier alpha value is -1.13. The van der Waals surface area contributed by atoms with Crippen LogP contribution in [0.3, 0.4) is 0 Å². The highest BCUT2D eigenvalue weighted by atomic mass is 16.5. The molecule has 0 radical (unpaired) electrons. The molecule has 0 N–H and O–H groups in total. The largest absolute Gasteiger partial charge is 0.379 e. The monoisotopic (exact) mass is 267 g/mol. The first kappa shape index (κ1) is 15.9. The fourth-order valence-corrected chi connectivity index (χ4v) is 2.20. The third-order valence-corrected chi connectivity index (χ3v) is 3.25. The molecule has 0 fully saturated rings. The molecule has 1 unspecified atom stereocenters. The average Bonchev–Trinajstić information content (AvgIpc) is 2.68. The van der Waals surface area contributed by atoms with Crippen molar-refractivity contribution in [2.45, 2.75) is 47.3 Å². The molecular formula is C15H25NO3. The average molecular weight is 267 g/mol. The molecule has 108 valence electrons. The van der Waals surface area contributed by atoms with Gasteiger partial charge in [0.2, 0.25) is 0 Å². The summed E-state index contributed by atoms with van der Waals surface area (Å²) in [5.74, 6) is 0.0381. The number of ether oxygens (including phenoxy) is 2. The Morgan fingerprint density at radius 3 is 2.58 bits per heavy atom. The summed E-state index contributed by atoms with van der Waals surface area (Å²) in [6, 6.07) is 1.94. The molecule has 1 atom stereocenters. The molecule has 0 aliphatic heterocycles. The van der Waals surface area contributed by atoms with Crippen molar-refractivity contribution in [3.05, 3.63) is 23.0 Å². The summed E-state index contributed by atoms with van der Waals surface area (Å²) in [5.41, 5.74) is 2.90. The van der Waals surface area contributed by atoms with Gasteiger partial charge in [-0.1, -0.05) is 0 Å². The van der Waals surface area contributed by atoms with Crippen molar-refractivity contribution >= 4 is 5.78 Å². The number of aryl methyl sites for hydroxylation is 1. The van der Waals surface area contributed by atoms with Gasteiger partial charge in [-0.25, -0.2) is 0 Å². The summed E-state index contributed by atoms with van der Waals surface area (Å²) in [6.07, 6.45) is -0.0569. The Balaban J connectivity index is 2.59. The van der Waals surface area contributed by atoms with Crippen molar-refractivity contribution in [3.8, 4) is 0 Å². The van der Waals surface area contributed by atoms with E-state index in [-0.39, 0.29) is 18.5 Å². The first-order chi connectivity index (χ1) is 9.01. The number of Topliss-reactive ketones (excluding diaryl/α,β-unsaturated/α-hetero) is 1. The van der Waals surface area contributed by atoms with E-state index in [2.05, 4.69) is 11.5 Å². The third kappa shape index (κ3) is 4.18. The zero-order valence-electron chi connectivity index (χ0n) is 12.7. The molecule has 4 heteroatoms. The quantitative estimate of drug-likeness (QED) is 0.680. The van der Waals surface area contributed by atoms with Crippen molar-refractivity contribution in [1.29, 1.82) is 0 Å². The molecule has 0 aromatic carbocycles. The number of hydrogen-bond acceptors (Lipinski definition) is 3. The van der Waals surface area contributed by atoms with Gasteiger partial charge in [-0.3, -0.25) is 4.79 Å². The molecule has 0 aliphatic carbocycles. The molecule has 0 amide bonds. The van der Waals surface area contributed by atoms with Gasteiger partial charge in [0.25, 0.3) is 0 Å². The van der Waals surface area contributed by atoms with Crippen LogP contribution in [0.25, 0.3) is 0 Å². The van der Waals surface area contributed by atoms with E-state index in [4.69, 9.17) is 9.47 Å². The predicted octanol–water partition coefficient (Wildman–Crippen LogP) is 2.75. The second-order valence-corrected chi connectivity index (χ2v) is 4.73. The Morgan fingerprint density at radius 1 is 1.37 bits per heavy atom. The number of rotatable bonds is 8. The number of nitrogens with zero attached hydrogens (tertiary/aromatic N) is 1. The summed E-state index contributed by atoms with van der Waals surface area (Å²) >= 11 is 0. The van der Waals surface area contributed by atoms with E-state index in [0.717, 1.165) is 23.5 Å².